The number of aromatic nitrogens is 1. The number of ether oxygens (including phenoxy) is 2. The number of carbonyl (C=O) groups excluding carboxylic acids is 1. The Hall–Kier alpha value is -2.60. The third-order valence-corrected chi connectivity index (χ3v) is 3.15. The monoisotopic (exact) mass is 299 g/mol. The molecular formula is C16H17N3O3. The van der Waals surface area contributed by atoms with Crippen molar-refractivity contribution in [2.75, 3.05) is 31.7 Å². The Morgan fingerprint density at radius 1 is 1.00 bits per heavy atom. The first kappa shape index (κ1) is 14.3. The standard InChI is InChI=1S/C16H17N3O3/c20-16-13-5-3-7-15(19-13)18-12-4-1-2-6-14(12)22-11-10-21-9-8-17-16/h1-7H,8-11H2,(H,17,20)(H,18,19). The maximum Gasteiger partial charge on any atom is 0.270 e. The van der Waals surface area contributed by atoms with E-state index in [2.05, 4.69) is 15.6 Å². The maximum absolute atomic E-state index is 12.0. The van der Waals surface area contributed by atoms with E-state index in [1.807, 2.05) is 30.3 Å². The van der Waals surface area contributed by atoms with E-state index in [-0.39, 0.29) is 5.91 Å². The minimum absolute atomic E-state index is 0.214. The zero-order chi connectivity index (χ0) is 15.2. The number of pyridine rings is 1. The second-order valence-electron chi connectivity index (χ2n) is 4.75. The quantitative estimate of drug-likeness (QED) is 0.778. The third-order valence-electron chi connectivity index (χ3n) is 3.15. The van der Waals surface area contributed by atoms with Crippen molar-refractivity contribution in [2.45, 2.75) is 0 Å². The first-order valence-electron chi connectivity index (χ1n) is 7.15. The van der Waals surface area contributed by atoms with E-state index in [4.69, 9.17) is 9.47 Å². The molecule has 2 N–H and O–H groups in total. The Balaban J connectivity index is 1.90. The van der Waals surface area contributed by atoms with E-state index in [1.165, 1.54) is 0 Å². The number of fused-ring (bicyclic) bond motifs is 3. The van der Waals surface area contributed by atoms with Gasteiger partial charge < -0.3 is 20.1 Å². The molecule has 114 valence electrons. The van der Waals surface area contributed by atoms with Gasteiger partial charge in [-0.05, 0) is 24.3 Å². The van der Waals surface area contributed by atoms with Crippen LogP contribution in [0.15, 0.2) is 42.5 Å². The summed E-state index contributed by atoms with van der Waals surface area (Å²) in [6, 6.07) is 12.9. The average Bonchev–Trinajstić information content (AvgIpc) is 2.55. The molecule has 22 heavy (non-hydrogen) atoms. The molecule has 0 radical (unpaired) electrons. The highest BCUT2D eigenvalue weighted by atomic mass is 16.5. The highest BCUT2D eigenvalue weighted by Crippen LogP contribution is 2.26. The smallest absolute Gasteiger partial charge is 0.270 e. The lowest BCUT2D eigenvalue weighted by molar-refractivity contribution is 0.0863. The number of nitrogens with zero attached hydrogens (tertiary/aromatic N) is 1. The van der Waals surface area contributed by atoms with Gasteiger partial charge in [0.1, 0.15) is 23.9 Å². The van der Waals surface area contributed by atoms with Crippen LogP contribution in [0.4, 0.5) is 11.5 Å². The Bertz CT molecular complexity index is 661. The van der Waals surface area contributed by atoms with Crippen LogP contribution in [0, 0.1) is 0 Å². The van der Waals surface area contributed by atoms with Crippen LogP contribution in [0.3, 0.4) is 0 Å². The van der Waals surface area contributed by atoms with Crippen molar-refractivity contribution in [3.8, 4) is 5.75 Å². The third kappa shape index (κ3) is 3.53. The zero-order valence-corrected chi connectivity index (χ0v) is 12.0. The lowest BCUT2D eigenvalue weighted by atomic mass is 10.2. The molecule has 0 saturated heterocycles. The molecule has 2 bridgehead atoms. The summed E-state index contributed by atoms with van der Waals surface area (Å²) in [5, 5.41) is 5.95. The molecule has 0 spiro atoms. The number of hydrogen-bond donors (Lipinski definition) is 2. The fraction of sp³-hybridized carbons (Fsp3) is 0.250. The number of para-hydroxylation sites is 2. The molecule has 0 unspecified atom stereocenters. The molecule has 1 aliphatic rings. The number of anilines is 2. The van der Waals surface area contributed by atoms with Crippen LogP contribution in [-0.4, -0.2) is 37.3 Å². The average molecular weight is 299 g/mol. The molecule has 1 aromatic heterocycles. The normalized spacial score (nSPS) is 15.5. The number of hydrogen-bond acceptors (Lipinski definition) is 5. The van der Waals surface area contributed by atoms with E-state index < -0.39 is 0 Å². The van der Waals surface area contributed by atoms with Crippen molar-refractivity contribution < 1.29 is 14.3 Å². The molecule has 1 amide bonds. The van der Waals surface area contributed by atoms with Gasteiger partial charge in [-0.25, -0.2) is 4.98 Å². The summed E-state index contributed by atoms with van der Waals surface area (Å²) in [4.78, 5) is 16.3. The highest BCUT2D eigenvalue weighted by Gasteiger charge is 2.10. The summed E-state index contributed by atoms with van der Waals surface area (Å²) >= 11 is 0. The van der Waals surface area contributed by atoms with Gasteiger partial charge in [0.25, 0.3) is 5.91 Å². The number of nitrogens with one attached hydrogen (secondary N) is 2. The maximum atomic E-state index is 12.0. The molecule has 6 nitrogen and oxygen atoms in total. The van der Waals surface area contributed by atoms with E-state index in [9.17, 15) is 4.79 Å². The van der Waals surface area contributed by atoms with Gasteiger partial charge in [0.15, 0.2) is 0 Å². The van der Waals surface area contributed by atoms with Crippen molar-refractivity contribution in [2.24, 2.45) is 0 Å². The lowest BCUT2D eigenvalue weighted by Crippen LogP contribution is -2.28. The molecule has 0 atom stereocenters. The molecule has 0 aliphatic carbocycles. The van der Waals surface area contributed by atoms with Gasteiger partial charge in [-0.1, -0.05) is 18.2 Å². The first-order valence-corrected chi connectivity index (χ1v) is 7.15. The van der Waals surface area contributed by atoms with E-state index in [0.717, 1.165) is 11.4 Å². The van der Waals surface area contributed by atoms with Crippen LogP contribution in [-0.2, 0) is 4.74 Å². The lowest BCUT2D eigenvalue weighted by Gasteiger charge is -2.14. The summed E-state index contributed by atoms with van der Waals surface area (Å²) in [6.45, 7) is 1.79. The van der Waals surface area contributed by atoms with Crippen LogP contribution >= 0.6 is 0 Å². The van der Waals surface area contributed by atoms with Crippen LogP contribution in [0.1, 0.15) is 10.5 Å². The molecule has 0 saturated carbocycles. The number of carbonyl (C=O) groups is 1. The van der Waals surface area contributed by atoms with E-state index >= 15 is 0 Å². The van der Waals surface area contributed by atoms with Gasteiger partial charge in [-0.2, -0.15) is 0 Å². The van der Waals surface area contributed by atoms with Crippen molar-refractivity contribution >= 4 is 17.4 Å². The number of amides is 1. The van der Waals surface area contributed by atoms with E-state index in [1.54, 1.807) is 12.1 Å². The minimum atomic E-state index is -0.214. The van der Waals surface area contributed by atoms with E-state index in [0.29, 0.717) is 37.9 Å². The fourth-order valence-electron chi connectivity index (χ4n) is 2.10. The summed E-state index contributed by atoms with van der Waals surface area (Å²) in [6.07, 6.45) is 0. The predicted octanol–water partition coefficient (Wildman–Crippen LogP) is 1.96. The van der Waals surface area contributed by atoms with Crippen LogP contribution in [0.25, 0.3) is 0 Å². The van der Waals surface area contributed by atoms with Gasteiger partial charge in [0, 0.05) is 6.54 Å². The Labute approximate surface area is 128 Å². The molecule has 2 heterocycles. The van der Waals surface area contributed by atoms with Crippen molar-refractivity contribution in [3.63, 3.8) is 0 Å². The predicted molar refractivity (Wildman–Crippen MR) is 82.6 cm³/mol. The molecule has 1 aliphatic heterocycles. The van der Waals surface area contributed by atoms with Crippen LogP contribution < -0.4 is 15.4 Å². The Kier molecular flexibility index (Phi) is 4.50. The minimum Gasteiger partial charge on any atom is -0.489 e. The molecule has 0 fully saturated rings. The summed E-state index contributed by atoms with van der Waals surface area (Å²) in [5.41, 5.74) is 1.16. The number of benzene rings is 1. The van der Waals surface area contributed by atoms with Gasteiger partial charge in [-0.15, -0.1) is 0 Å². The first-order chi connectivity index (χ1) is 10.8. The SMILES string of the molecule is O=C1NCCOCCOc2ccccc2Nc2cccc1n2. The van der Waals surface area contributed by atoms with Crippen LogP contribution in [0.5, 0.6) is 5.75 Å². The van der Waals surface area contributed by atoms with Crippen molar-refractivity contribution in [3.05, 3.63) is 48.2 Å². The summed E-state index contributed by atoms with van der Waals surface area (Å²) in [7, 11) is 0. The van der Waals surface area contributed by atoms with Gasteiger partial charge in [-0.3, -0.25) is 4.79 Å². The molecular weight excluding hydrogens is 282 g/mol. The highest BCUT2D eigenvalue weighted by molar-refractivity contribution is 5.92. The number of rotatable bonds is 0. The van der Waals surface area contributed by atoms with Crippen LogP contribution in [0.2, 0.25) is 0 Å². The summed E-state index contributed by atoms with van der Waals surface area (Å²) in [5.74, 6) is 1.10. The fourth-order valence-corrected chi connectivity index (χ4v) is 2.10. The van der Waals surface area contributed by atoms with Gasteiger partial charge in [0.2, 0.25) is 0 Å². The van der Waals surface area contributed by atoms with Gasteiger partial charge >= 0.3 is 0 Å². The second-order valence-corrected chi connectivity index (χ2v) is 4.75. The Morgan fingerprint density at radius 2 is 1.91 bits per heavy atom. The largest absolute Gasteiger partial charge is 0.489 e. The molecule has 1 aromatic carbocycles. The van der Waals surface area contributed by atoms with Crippen molar-refractivity contribution in [1.82, 2.24) is 10.3 Å². The molecule has 3 rings (SSSR count). The summed E-state index contributed by atoms with van der Waals surface area (Å²) < 4.78 is 11.1. The molecule has 6 heteroatoms. The topological polar surface area (TPSA) is 72.5 Å². The van der Waals surface area contributed by atoms with Gasteiger partial charge in [0.05, 0.1) is 18.9 Å². The molecule has 2 aromatic rings. The van der Waals surface area contributed by atoms with Crippen molar-refractivity contribution in [1.29, 1.82) is 0 Å². The Morgan fingerprint density at radius 3 is 2.86 bits per heavy atom. The second kappa shape index (κ2) is 6.91. The zero-order valence-electron chi connectivity index (χ0n) is 12.0.